The van der Waals surface area contributed by atoms with E-state index in [-0.39, 0.29) is 26.9 Å². The fourth-order valence-electron chi connectivity index (χ4n) is 5.58. The molecule has 6 rings (SSSR count). The maximum atomic E-state index is 13.9. The van der Waals surface area contributed by atoms with Crippen LogP contribution in [0.25, 0.3) is 0 Å². The number of nitrogens with zero attached hydrogens (tertiary/aromatic N) is 1. The van der Waals surface area contributed by atoms with Crippen molar-refractivity contribution in [2.45, 2.75) is 18.6 Å². The molecule has 6 nitrogen and oxygen atoms in total. The molecule has 174 valence electrons. The van der Waals surface area contributed by atoms with E-state index in [4.69, 9.17) is 27.9 Å². The van der Waals surface area contributed by atoms with Crippen LogP contribution in [0.4, 0.5) is 5.69 Å². The number of carbonyl (C=O) groups excluding carboxylic acids is 4. The van der Waals surface area contributed by atoms with Crippen LogP contribution >= 0.6 is 23.2 Å². The van der Waals surface area contributed by atoms with Crippen LogP contribution in [0.2, 0.25) is 10.0 Å². The maximum Gasteiger partial charge on any atom is 0.241 e. The van der Waals surface area contributed by atoms with E-state index in [1.54, 1.807) is 36.4 Å². The molecule has 3 aromatic carbocycles. The van der Waals surface area contributed by atoms with Crippen molar-refractivity contribution in [1.82, 2.24) is 0 Å². The van der Waals surface area contributed by atoms with Crippen LogP contribution in [0.15, 0.2) is 66.7 Å². The van der Waals surface area contributed by atoms with Gasteiger partial charge in [0.2, 0.25) is 29.0 Å². The van der Waals surface area contributed by atoms with Crippen LogP contribution in [-0.4, -0.2) is 29.0 Å². The Morgan fingerprint density at radius 3 is 2.06 bits per heavy atom. The normalized spacial score (nSPS) is 24.4. The van der Waals surface area contributed by atoms with E-state index in [2.05, 4.69) is 0 Å². The molecule has 0 saturated carbocycles. The molecule has 0 aromatic heterocycles. The van der Waals surface area contributed by atoms with Gasteiger partial charge in [-0.25, -0.2) is 4.90 Å². The highest BCUT2D eigenvalue weighted by Crippen LogP contribution is 2.58. The predicted octanol–water partition coefficient (Wildman–Crippen LogP) is 5.00. The van der Waals surface area contributed by atoms with Crippen LogP contribution in [-0.2, 0) is 14.3 Å². The number of hydrogen-bond donors (Lipinski definition) is 0. The lowest BCUT2D eigenvalue weighted by atomic mass is 9.77. The molecule has 35 heavy (non-hydrogen) atoms. The smallest absolute Gasteiger partial charge is 0.241 e. The minimum atomic E-state index is -2.11. The minimum absolute atomic E-state index is 0.170. The number of benzene rings is 3. The Balaban J connectivity index is 1.56. The largest absolute Gasteiger partial charge is 0.349 e. The van der Waals surface area contributed by atoms with Crippen molar-refractivity contribution in [1.29, 1.82) is 0 Å². The average Bonchev–Trinajstić information content (AvgIpc) is 3.41. The molecule has 2 amide bonds. The zero-order valence-corrected chi connectivity index (χ0v) is 19.8. The molecule has 8 heteroatoms. The Labute approximate surface area is 210 Å². The number of ketones is 2. The van der Waals surface area contributed by atoms with Crippen molar-refractivity contribution in [3.05, 3.63) is 99.0 Å². The molecule has 0 bridgehead atoms. The summed E-state index contributed by atoms with van der Waals surface area (Å²) >= 11 is 12.2. The fourth-order valence-corrected chi connectivity index (χ4v) is 5.88. The average molecular weight is 506 g/mol. The summed E-state index contributed by atoms with van der Waals surface area (Å²) in [6.45, 7) is 1.85. The van der Waals surface area contributed by atoms with Gasteiger partial charge in [-0.15, -0.1) is 0 Å². The lowest BCUT2D eigenvalue weighted by Gasteiger charge is -2.27. The van der Waals surface area contributed by atoms with Gasteiger partial charge < -0.3 is 4.74 Å². The Bertz CT molecular complexity index is 1450. The van der Waals surface area contributed by atoms with Crippen LogP contribution in [0.1, 0.15) is 37.9 Å². The highest BCUT2D eigenvalue weighted by Gasteiger charge is 2.74. The molecular weight excluding hydrogens is 489 g/mol. The second kappa shape index (κ2) is 7.59. The summed E-state index contributed by atoms with van der Waals surface area (Å²) in [6.07, 6.45) is -0.965. The van der Waals surface area contributed by atoms with E-state index in [1.165, 1.54) is 18.2 Å². The van der Waals surface area contributed by atoms with Crippen LogP contribution in [0.5, 0.6) is 0 Å². The molecular formula is C27H17Cl2NO5. The number of fused-ring (bicyclic) bond motifs is 3. The fraction of sp³-hybridized carbons (Fsp3) is 0.185. The third kappa shape index (κ3) is 2.82. The zero-order valence-electron chi connectivity index (χ0n) is 18.3. The van der Waals surface area contributed by atoms with E-state index in [1.807, 2.05) is 19.1 Å². The first-order chi connectivity index (χ1) is 16.8. The Kier molecular flexibility index (Phi) is 4.81. The van der Waals surface area contributed by atoms with Crippen LogP contribution in [0.3, 0.4) is 0 Å². The number of ether oxygens (including phenoxy) is 1. The van der Waals surface area contributed by atoms with E-state index in [9.17, 15) is 19.2 Å². The van der Waals surface area contributed by atoms with E-state index >= 15 is 0 Å². The summed E-state index contributed by atoms with van der Waals surface area (Å²) < 4.78 is 6.30. The molecule has 3 aromatic rings. The summed E-state index contributed by atoms with van der Waals surface area (Å²) in [5.74, 6) is -4.81. The van der Waals surface area contributed by atoms with E-state index in [0.717, 1.165) is 10.5 Å². The zero-order chi connectivity index (χ0) is 24.6. The Morgan fingerprint density at radius 1 is 0.800 bits per heavy atom. The third-order valence-electron chi connectivity index (χ3n) is 7.18. The number of Topliss-reactive ketones (excluding diaryl/α,β-unsaturated/α-hetero) is 2. The lowest BCUT2D eigenvalue weighted by Crippen LogP contribution is -2.51. The van der Waals surface area contributed by atoms with Gasteiger partial charge in [-0.3, -0.25) is 19.2 Å². The molecule has 1 spiro atoms. The number of carbonyl (C=O) groups is 4. The number of hydrogen-bond acceptors (Lipinski definition) is 5. The molecule has 2 fully saturated rings. The summed E-state index contributed by atoms with van der Waals surface area (Å²) in [6, 6.07) is 18.1. The van der Waals surface area contributed by atoms with Crippen LogP contribution in [0, 0.1) is 18.8 Å². The third-order valence-corrected chi connectivity index (χ3v) is 7.91. The second-order valence-electron chi connectivity index (χ2n) is 8.95. The first kappa shape index (κ1) is 22.2. The molecule has 0 radical (unpaired) electrons. The van der Waals surface area contributed by atoms with Gasteiger partial charge in [0.1, 0.15) is 0 Å². The number of halogens is 2. The van der Waals surface area contributed by atoms with Gasteiger partial charge >= 0.3 is 0 Å². The van der Waals surface area contributed by atoms with Crippen molar-refractivity contribution in [3.63, 3.8) is 0 Å². The van der Waals surface area contributed by atoms with Gasteiger partial charge in [0.15, 0.2) is 0 Å². The predicted molar refractivity (Wildman–Crippen MR) is 129 cm³/mol. The number of imide groups is 1. The second-order valence-corrected chi connectivity index (χ2v) is 9.76. The number of aryl methyl sites for hydroxylation is 1. The Hall–Kier alpha value is -3.32. The topological polar surface area (TPSA) is 80.8 Å². The van der Waals surface area contributed by atoms with Crippen molar-refractivity contribution < 1.29 is 23.9 Å². The lowest BCUT2D eigenvalue weighted by molar-refractivity contribution is -0.127. The van der Waals surface area contributed by atoms with Gasteiger partial charge in [0, 0.05) is 11.1 Å². The van der Waals surface area contributed by atoms with Gasteiger partial charge in [0.05, 0.1) is 33.7 Å². The SMILES string of the molecule is Cc1ccccc1[C@@H]1OC2(C(=O)c3ccccc3C2=O)[C@@H]2C(=O)N(c3ccc(Cl)c(Cl)c3)C(=O)[C@H]21. The molecule has 2 saturated heterocycles. The molecule has 2 heterocycles. The molecule has 3 atom stereocenters. The first-order valence-electron chi connectivity index (χ1n) is 11.0. The highest BCUT2D eigenvalue weighted by molar-refractivity contribution is 6.42. The minimum Gasteiger partial charge on any atom is -0.349 e. The van der Waals surface area contributed by atoms with Gasteiger partial charge in [0.25, 0.3) is 0 Å². The quantitative estimate of drug-likeness (QED) is 0.361. The summed E-state index contributed by atoms with van der Waals surface area (Å²) in [5.41, 5.74) is -0.0494. The molecule has 0 unspecified atom stereocenters. The molecule has 2 aliphatic heterocycles. The van der Waals surface area contributed by atoms with E-state index in [0.29, 0.717) is 5.56 Å². The Morgan fingerprint density at radius 2 is 1.43 bits per heavy atom. The van der Waals surface area contributed by atoms with Crippen molar-refractivity contribution >= 4 is 52.3 Å². The van der Waals surface area contributed by atoms with Gasteiger partial charge in [-0.2, -0.15) is 0 Å². The maximum absolute atomic E-state index is 13.9. The standard InChI is InChI=1S/C27H17Cl2NO5/c1-13-6-2-3-7-15(13)22-20-21(26(34)30(25(20)33)14-10-11-18(28)19(29)12-14)27(35-22)23(31)16-8-4-5-9-17(16)24(27)32/h2-12,20-22H,1H3/t20-,21+,22+/m1/s1. The van der Waals surface area contributed by atoms with Crippen molar-refractivity contribution in [3.8, 4) is 0 Å². The molecule has 3 aliphatic rings. The summed E-state index contributed by atoms with van der Waals surface area (Å²) in [4.78, 5) is 56.3. The summed E-state index contributed by atoms with van der Waals surface area (Å²) in [5, 5.41) is 0.438. The van der Waals surface area contributed by atoms with Gasteiger partial charge in [-0.05, 0) is 36.2 Å². The van der Waals surface area contributed by atoms with Gasteiger partial charge in [-0.1, -0.05) is 71.7 Å². The number of amides is 2. The van der Waals surface area contributed by atoms with Crippen LogP contribution < -0.4 is 4.90 Å². The molecule has 1 aliphatic carbocycles. The number of anilines is 1. The van der Waals surface area contributed by atoms with Crippen molar-refractivity contribution in [2.75, 3.05) is 4.90 Å². The highest BCUT2D eigenvalue weighted by atomic mass is 35.5. The number of rotatable bonds is 2. The monoisotopic (exact) mass is 505 g/mol. The van der Waals surface area contributed by atoms with E-state index < -0.39 is 46.9 Å². The summed E-state index contributed by atoms with van der Waals surface area (Å²) in [7, 11) is 0. The van der Waals surface area contributed by atoms with Crippen molar-refractivity contribution in [2.24, 2.45) is 11.8 Å². The first-order valence-corrected chi connectivity index (χ1v) is 11.8. The molecule has 0 N–H and O–H groups in total.